The topological polar surface area (TPSA) is 87.6 Å². The van der Waals surface area contributed by atoms with E-state index in [1.54, 1.807) is 36.9 Å². The number of fused-ring (bicyclic) bond motifs is 1. The van der Waals surface area contributed by atoms with Crippen molar-refractivity contribution in [2.24, 2.45) is 4.99 Å². The third-order valence-electron chi connectivity index (χ3n) is 3.78. The van der Waals surface area contributed by atoms with Gasteiger partial charge in [-0.2, -0.15) is 0 Å². The molecule has 0 unspecified atom stereocenters. The average molecular weight is 390 g/mol. The van der Waals surface area contributed by atoms with E-state index in [1.165, 1.54) is 6.07 Å². The molecule has 136 valence electrons. The summed E-state index contributed by atoms with van der Waals surface area (Å²) in [6.45, 7) is 2.15. The summed E-state index contributed by atoms with van der Waals surface area (Å²) in [5, 5.41) is 2.83. The van der Waals surface area contributed by atoms with Gasteiger partial charge in [0.2, 0.25) is 5.91 Å². The maximum absolute atomic E-state index is 12.2. The van der Waals surface area contributed by atoms with E-state index in [1.807, 2.05) is 30.3 Å². The Balaban J connectivity index is 1.57. The minimum absolute atomic E-state index is 0.186. The van der Waals surface area contributed by atoms with Gasteiger partial charge in [-0.25, -0.2) is 8.42 Å². The number of benzene rings is 2. The first-order valence-electron chi connectivity index (χ1n) is 8.13. The molecule has 2 aromatic carbocycles. The molecule has 1 amide bonds. The molecule has 1 aliphatic rings. The number of nitrogens with one attached hydrogen (secondary N) is 2. The lowest BCUT2D eigenvalue weighted by Crippen LogP contribution is -2.35. The molecule has 0 aromatic heterocycles. The Morgan fingerprint density at radius 1 is 1.15 bits per heavy atom. The first kappa shape index (κ1) is 18.5. The Morgan fingerprint density at radius 3 is 2.62 bits per heavy atom. The third kappa shape index (κ3) is 4.25. The maximum atomic E-state index is 12.2. The maximum Gasteiger partial charge on any atom is 0.263 e. The predicted octanol–water partition coefficient (Wildman–Crippen LogP) is 2.02. The fraction of sp³-hybridized carbons (Fsp3) is 0.222. The highest BCUT2D eigenvalue weighted by Crippen LogP contribution is 2.22. The van der Waals surface area contributed by atoms with E-state index in [9.17, 15) is 13.2 Å². The molecule has 0 saturated carbocycles. The van der Waals surface area contributed by atoms with Crippen molar-refractivity contribution in [3.05, 3.63) is 60.2 Å². The number of hydrogen-bond acceptors (Lipinski definition) is 5. The van der Waals surface area contributed by atoms with Crippen LogP contribution in [0.5, 0.6) is 0 Å². The standard InChI is InChI=1S/C18H19N3O3S2/c1-13(18(22)19-11-12-25-14-7-3-2-4-8-14)20-17-15-9-5-6-10-16(15)26(23,24)21-17/h2-10,13H,11-12H2,1H3,(H,19,22)(H,20,21)/t13-/m1/s1. The summed E-state index contributed by atoms with van der Waals surface area (Å²) in [6, 6.07) is 15.8. The van der Waals surface area contributed by atoms with Gasteiger partial charge < -0.3 is 5.32 Å². The highest BCUT2D eigenvalue weighted by molar-refractivity contribution is 7.99. The number of carbonyl (C=O) groups excluding carboxylic acids is 1. The van der Waals surface area contributed by atoms with E-state index in [4.69, 9.17) is 0 Å². The van der Waals surface area contributed by atoms with E-state index in [0.29, 0.717) is 12.1 Å². The van der Waals surface area contributed by atoms with Crippen molar-refractivity contribution in [1.29, 1.82) is 0 Å². The van der Waals surface area contributed by atoms with Crippen LogP contribution in [0.2, 0.25) is 0 Å². The van der Waals surface area contributed by atoms with Crippen molar-refractivity contribution >= 4 is 33.5 Å². The number of sulfonamides is 1. The number of aliphatic imine (C=N–C) groups is 1. The Bertz CT molecular complexity index is 928. The summed E-state index contributed by atoms with van der Waals surface area (Å²) in [7, 11) is -3.59. The largest absolute Gasteiger partial charge is 0.353 e. The lowest BCUT2D eigenvalue weighted by molar-refractivity contribution is -0.121. The third-order valence-corrected chi connectivity index (χ3v) is 6.19. The first-order chi connectivity index (χ1) is 12.5. The van der Waals surface area contributed by atoms with Crippen LogP contribution in [-0.4, -0.2) is 38.5 Å². The van der Waals surface area contributed by atoms with Gasteiger partial charge in [-0.05, 0) is 31.2 Å². The normalized spacial score (nSPS) is 17.3. The predicted molar refractivity (Wildman–Crippen MR) is 103 cm³/mol. The van der Waals surface area contributed by atoms with Crippen molar-refractivity contribution < 1.29 is 13.2 Å². The highest BCUT2D eigenvalue weighted by atomic mass is 32.2. The fourth-order valence-electron chi connectivity index (χ4n) is 2.49. The summed E-state index contributed by atoms with van der Waals surface area (Å²) in [4.78, 5) is 17.8. The molecular formula is C18H19N3O3S2. The summed E-state index contributed by atoms with van der Waals surface area (Å²) >= 11 is 1.66. The molecule has 26 heavy (non-hydrogen) atoms. The fourth-order valence-corrected chi connectivity index (χ4v) is 4.52. The molecule has 1 heterocycles. The van der Waals surface area contributed by atoms with Gasteiger partial charge in [0.05, 0.1) is 4.90 Å². The lowest BCUT2D eigenvalue weighted by Gasteiger charge is -2.09. The van der Waals surface area contributed by atoms with Crippen LogP contribution in [0.3, 0.4) is 0 Å². The number of thioether (sulfide) groups is 1. The second-order valence-electron chi connectivity index (χ2n) is 5.71. The number of carbonyl (C=O) groups is 1. The van der Waals surface area contributed by atoms with Gasteiger partial charge in [-0.15, -0.1) is 11.8 Å². The van der Waals surface area contributed by atoms with Crippen LogP contribution in [0.15, 0.2) is 69.4 Å². The van der Waals surface area contributed by atoms with E-state index < -0.39 is 16.1 Å². The van der Waals surface area contributed by atoms with Gasteiger partial charge in [0.1, 0.15) is 11.9 Å². The summed E-state index contributed by atoms with van der Waals surface area (Å²) in [6.07, 6.45) is 0. The molecule has 0 radical (unpaired) electrons. The number of amides is 1. The van der Waals surface area contributed by atoms with Crippen LogP contribution in [-0.2, 0) is 14.8 Å². The van der Waals surface area contributed by atoms with E-state index in [0.717, 1.165) is 10.6 Å². The molecule has 0 aliphatic carbocycles. The number of nitrogens with zero attached hydrogens (tertiary/aromatic N) is 1. The zero-order valence-electron chi connectivity index (χ0n) is 14.2. The van der Waals surface area contributed by atoms with Crippen LogP contribution in [0, 0.1) is 0 Å². The molecule has 1 aliphatic heterocycles. The zero-order valence-corrected chi connectivity index (χ0v) is 15.8. The highest BCUT2D eigenvalue weighted by Gasteiger charge is 2.31. The molecular weight excluding hydrogens is 370 g/mol. The van der Waals surface area contributed by atoms with Crippen molar-refractivity contribution in [3.63, 3.8) is 0 Å². The number of amidine groups is 1. The molecule has 6 nitrogen and oxygen atoms in total. The number of rotatable bonds is 6. The smallest absolute Gasteiger partial charge is 0.263 e. The Kier molecular flexibility index (Phi) is 5.63. The van der Waals surface area contributed by atoms with Crippen LogP contribution in [0.1, 0.15) is 12.5 Å². The van der Waals surface area contributed by atoms with Crippen LogP contribution in [0.4, 0.5) is 0 Å². The second-order valence-corrected chi connectivity index (χ2v) is 8.53. The minimum atomic E-state index is -3.59. The van der Waals surface area contributed by atoms with Crippen LogP contribution >= 0.6 is 11.8 Å². The Labute approximate surface area is 157 Å². The molecule has 1 atom stereocenters. The van der Waals surface area contributed by atoms with Gasteiger partial charge in [-0.1, -0.05) is 30.3 Å². The van der Waals surface area contributed by atoms with E-state index in [-0.39, 0.29) is 16.6 Å². The van der Waals surface area contributed by atoms with Gasteiger partial charge in [0.25, 0.3) is 10.0 Å². The molecule has 0 bridgehead atoms. The van der Waals surface area contributed by atoms with Crippen molar-refractivity contribution in [2.45, 2.75) is 22.8 Å². The van der Waals surface area contributed by atoms with E-state index in [2.05, 4.69) is 15.0 Å². The first-order valence-corrected chi connectivity index (χ1v) is 10.6. The molecule has 0 fully saturated rings. The minimum Gasteiger partial charge on any atom is -0.353 e. The summed E-state index contributed by atoms with van der Waals surface area (Å²) in [5.74, 6) is 0.714. The Hall–Kier alpha value is -2.32. The zero-order chi connectivity index (χ0) is 18.6. The molecule has 8 heteroatoms. The van der Waals surface area contributed by atoms with Crippen molar-refractivity contribution in [3.8, 4) is 0 Å². The van der Waals surface area contributed by atoms with Gasteiger partial charge in [0, 0.05) is 22.8 Å². The van der Waals surface area contributed by atoms with Gasteiger partial charge in [-0.3, -0.25) is 14.5 Å². The molecule has 0 saturated heterocycles. The molecule has 2 aromatic rings. The van der Waals surface area contributed by atoms with Crippen molar-refractivity contribution in [2.75, 3.05) is 12.3 Å². The summed E-state index contributed by atoms with van der Waals surface area (Å²) in [5.41, 5.74) is 0.492. The average Bonchev–Trinajstić information content (AvgIpc) is 2.90. The van der Waals surface area contributed by atoms with Gasteiger partial charge in [0.15, 0.2) is 0 Å². The lowest BCUT2D eigenvalue weighted by atomic mass is 10.2. The van der Waals surface area contributed by atoms with Crippen LogP contribution in [0.25, 0.3) is 0 Å². The number of hydrogen-bond donors (Lipinski definition) is 2. The van der Waals surface area contributed by atoms with E-state index >= 15 is 0 Å². The molecule has 2 N–H and O–H groups in total. The van der Waals surface area contributed by atoms with Crippen molar-refractivity contribution in [1.82, 2.24) is 10.0 Å². The molecule has 3 rings (SSSR count). The quantitative estimate of drug-likeness (QED) is 0.584. The second kappa shape index (κ2) is 7.92. The van der Waals surface area contributed by atoms with Gasteiger partial charge >= 0.3 is 0 Å². The monoisotopic (exact) mass is 389 g/mol. The Morgan fingerprint density at radius 2 is 1.85 bits per heavy atom. The summed E-state index contributed by atoms with van der Waals surface area (Å²) < 4.78 is 26.5. The molecule has 0 spiro atoms. The SMILES string of the molecule is C[C@@H](N=C1NS(=O)(=O)c2ccccc21)C(=O)NCCSc1ccccc1. The van der Waals surface area contributed by atoms with Crippen LogP contribution < -0.4 is 10.0 Å².